The van der Waals surface area contributed by atoms with E-state index < -0.39 is 18.0 Å². The molecule has 0 bridgehead atoms. The summed E-state index contributed by atoms with van der Waals surface area (Å²) in [7, 11) is 1.66. The van der Waals surface area contributed by atoms with Crippen molar-refractivity contribution in [3.8, 4) is 0 Å². The second-order valence-electron chi connectivity index (χ2n) is 4.53. The van der Waals surface area contributed by atoms with Gasteiger partial charge < -0.3 is 14.4 Å². The monoisotopic (exact) mass is 299 g/mol. The van der Waals surface area contributed by atoms with Gasteiger partial charge in [-0.3, -0.25) is 4.79 Å². The van der Waals surface area contributed by atoms with E-state index in [9.17, 15) is 9.59 Å². The predicted octanol–water partition coefficient (Wildman–Crippen LogP) is 0.813. The molecule has 1 fully saturated rings. The van der Waals surface area contributed by atoms with Gasteiger partial charge in [0.05, 0.1) is 0 Å². The molecule has 8 heteroatoms. The zero-order valence-electron chi connectivity index (χ0n) is 11.1. The predicted molar refractivity (Wildman–Crippen MR) is 70.4 cm³/mol. The zero-order chi connectivity index (χ0) is 14.7. The van der Waals surface area contributed by atoms with Crippen LogP contribution in [-0.4, -0.2) is 47.9 Å². The summed E-state index contributed by atoms with van der Waals surface area (Å²) < 4.78 is 9.99. The van der Waals surface area contributed by atoms with E-state index in [1.54, 1.807) is 31.0 Å². The quantitative estimate of drug-likeness (QED) is 0.761. The van der Waals surface area contributed by atoms with Crippen LogP contribution in [0.5, 0.6) is 0 Å². The van der Waals surface area contributed by atoms with Crippen molar-refractivity contribution in [3.63, 3.8) is 0 Å². The number of hydrogen-bond donors (Lipinski definition) is 0. The molecular weight excluding hydrogens is 286 g/mol. The fourth-order valence-corrected chi connectivity index (χ4v) is 1.90. The van der Waals surface area contributed by atoms with Crippen LogP contribution in [0.1, 0.15) is 13.3 Å². The Kier molecular flexibility index (Phi) is 4.39. The Morgan fingerprint density at radius 1 is 1.55 bits per heavy atom. The maximum atomic E-state index is 11.8. The van der Waals surface area contributed by atoms with Crippen molar-refractivity contribution in [1.29, 1.82) is 0 Å². The summed E-state index contributed by atoms with van der Waals surface area (Å²) in [5.41, 5.74) is 0. The van der Waals surface area contributed by atoms with Crippen molar-refractivity contribution < 1.29 is 19.1 Å². The molecule has 1 aromatic heterocycles. The van der Waals surface area contributed by atoms with Gasteiger partial charge in [0.25, 0.3) is 0 Å². The van der Waals surface area contributed by atoms with Crippen molar-refractivity contribution in [2.75, 3.05) is 18.5 Å². The summed E-state index contributed by atoms with van der Waals surface area (Å²) in [6.45, 7) is 1.70. The second kappa shape index (κ2) is 6.04. The number of hydrogen-bond acceptors (Lipinski definition) is 7. The number of rotatable bonds is 4. The summed E-state index contributed by atoms with van der Waals surface area (Å²) in [4.78, 5) is 24.7. The summed E-state index contributed by atoms with van der Waals surface area (Å²) in [6.07, 6.45) is -0.656. The molecule has 0 aliphatic carbocycles. The van der Waals surface area contributed by atoms with Gasteiger partial charge in [-0.1, -0.05) is 11.6 Å². The van der Waals surface area contributed by atoms with E-state index in [4.69, 9.17) is 21.1 Å². The highest BCUT2D eigenvalue weighted by atomic mass is 35.5. The van der Waals surface area contributed by atoms with E-state index in [1.807, 2.05) is 0 Å². The molecule has 0 saturated carbocycles. The van der Waals surface area contributed by atoms with Gasteiger partial charge in [0.1, 0.15) is 12.6 Å². The lowest BCUT2D eigenvalue weighted by Gasteiger charge is -2.17. The van der Waals surface area contributed by atoms with E-state index in [2.05, 4.69) is 10.2 Å². The van der Waals surface area contributed by atoms with Crippen LogP contribution in [0.3, 0.4) is 0 Å². The molecule has 2 heterocycles. The third-order valence-electron chi connectivity index (χ3n) is 2.78. The fourth-order valence-electron chi connectivity index (χ4n) is 1.80. The number of carbonyl (C=O) groups is 2. The van der Waals surface area contributed by atoms with Crippen LogP contribution in [0.2, 0.25) is 5.15 Å². The first-order chi connectivity index (χ1) is 9.45. The van der Waals surface area contributed by atoms with Gasteiger partial charge in [-0.2, -0.15) is 0 Å². The highest BCUT2D eigenvalue weighted by Gasteiger charge is 2.35. The van der Waals surface area contributed by atoms with E-state index in [-0.39, 0.29) is 17.8 Å². The number of ether oxygens (including phenoxy) is 2. The van der Waals surface area contributed by atoms with Crippen LogP contribution in [0.15, 0.2) is 12.1 Å². The Labute approximate surface area is 120 Å². The molecule has 0 spiro atoms. The van der Waals surface area contributed by atoms with Crippen molar-refractivity contribution in [2.45, 2.75) is 25.6 Å². The first-order valence-electron chi connectivity index (χ1n) is 6.06. The normalized spacial score (nSPS) is 21.4. The first-order valence-corrected chi connectivity index (χ1v) is 6.44. The summed E-state index contributed by atoms with van der Waals surface area (Å²) in [6, 6.07) is 3.20. The molecule has 20 heavy (non-hydrogen) atoms. The first kappa shape index (κ1) is 14.5. The van der Waals surface area contributed by atoms with Crippen LogP contribution >= 0.6 is 11.6 Å². The third-order valence-corrected chi connectivity index (χ3v) is 2.98. The zero-order valence-corrected chi connectivity index (χ0v) is 11.8. The number of aromatic nitrogens is 2. The van der Waals surface area contributed by atoms with Gasteiger partial charge in [0.2, 0.25) is 6.10 Å². The van der Waals surface area contributed by atoms with Crippen LogP contribution in [-0.2, 0) is 19.1 Å². The molecule has 0 aromatic carbocycles. The molecule has 0 amide bonds. The summed E-state index contributed by atoms with van der Waals surface area (Å²) in [5.74, 6) is -0.547. The summed E-state index contributed by atoms with van der Waals surface area (Å²) in [5, 5.41) is 7.79. The van der Waals surface area contributed by atoms with Crippen molar-refractivity contribution in [3.05, 3.63) is 17.3 Å². The molecule has 0 unspecified atom stereocenters. The highest BCUT2D eigenvalue weighted by molar-refractivity contribution is 6.29. The number of anilines is 1. The number of nitrogens with zero attached hydrogens (tertiary/aromatic N) is 3. The molecule has 1 aromatic rings. The number of cyclic esters (lactones) is 1. The topological polar surface area (TPSA) is 81.6 Å². The molecule has 2 atom stereocenters. The number of esters is 2. The highest BCUT2D eigenvalue weighted by Crippen LogP contribution is 2.18. The van der Waals surface area contributed by atoms with E-state index >= 15 is 0 Å². The number of halogens is 1. The minimum absolute atomic E-state index is 0.0471. The Balaban J connectivity index is 1.88. The Hall–Kier alpha value is -1.89. The lowest BCUT2D eigenvalue weighted by molar-refractivity contribution is -0.159. The molecule has 0 radical (unpaired) electrons. The lowest BCUT2D eigenvalue weighted by atomic mass is 10.2. The number of carbonyl (C=O) groups excluding carboxylic acids is 2. The van der Waals surface area contributed by atoms with E-state index in [1.165, 1.54) is 0 Å². The van der Waals surface area contributed by atoms with Crippen molar-refractivity contribution in [2.24, 2.45) is 0 Å². The molecule has 108 valence electrons. The van der Waals surface area contributed by atoms with Crippen molar-refractivity contribution in [1.82, 2.24) is 10.2 Å². The van der Waals surface area contributed by atoms with Gasteiger partial charge in [-0.15, -0.1) is 10.2 Å². The maximum absolute atomic E-state index is 11.8. The lowest BCUT2D eigenvalue weighted by Crippen LogP contribution is -2.32. The average molecular weight is 300 g/mol. The molecule has 1 aliphatic rings. The van der Waals surface area contributed by atoms with Crippen LogP contribution in [0, 0.1) is 0 Å². The maximum Gasteiger partial charge on any atom is 0.347 e. The van der Waals surface area contributed by atoms with Crippen LogP contribution < -0.4 is 4.90 Å². The van der Waals surface area contributed by atoms with Gasteiger partial charge in [-0.25, -0.2) is 4.79 Å². The molecule has 1 aliphatic heterocycles. The average Bonchev–Trinajstić information content (AvgIpc) is 2.68. The smallest absolute Gasteiger partial charge is 0.347 e. The fraction of sp³-hybridized carbons (Fsp3) is 0.500. The van der Waals surface area contributed by atoms with Crippen molar-refractivity contribution >= 4 is 29.4 Å². The van der Waals surface area contributed by atoms with Gasteiger partial charge in [0, 0.05) is 13.5 Å². The second-order valence-corrected chi connectivity index (χ2v) is 4.92. The van der Waals surface area contributed by atoms with E-state index in [0.29, 0.717) is 12.2 Å². The molecule has 1 saturated heterocycles. The Morgan fingerprint density at radius 2 is 2.30 bits per heavy atom. The summed E-state index contributed by atoms with van der Waals surface area (Å²) >= 11 is 5.63. The number of likely N-dealkylation sites (N-methyl/N-ethyl adjacent to an activating group) is 1. The molecule has 7 nitrogen and oxygen atoms in total. The van der Waals surface area contributed by atoms with Gasteiger partial charge in [-0.05, 0) is 19.1 Å². The standard InChI is InChI=1S/C12H14ClN3O4/c1-7-5-8(12(18)19-7)20-11(17)6-16(2)10-4-3-9(13)14-15-10/h3-4,7-8H,5-6H2,1-2H3/t7-,8+/m1/s1. The Bertz CT molecular complexity index is 508. The van der Waals surface area contributed by atoms with Crippen LogP contribution in [0.4, 0.5) is 5.82 Å². The van der Waals surface area contributed by atoms with Gasteiger partial charge in [0.15, 0.2) is 11.0 Å². The van der Waals surface area contributed by atoms with Crippen LogP contribution in [0.25, 0.3) is 0 Å². The minimum atomic E-state index is -0.817. The minimum Gasteiger partial charge on any atom is -0.460 e. The third kappa shape index (κ3) is 3.57. The Morgan fingerprint density at radius 3 is 2.85 bits per heavy atom. The van der Waals surface area contributed by atoms with Gasteiger partial charge >= 0.3 is 11.9 Å². The molecule has 0 N–H and O–H groups in total. The largest absolute Gasteiger partial charge is 0.460 e. The molecule has 2 rings (SSSR count). The molecular formula is C12H14ClN3O4. The van der Waals surface area contributed by atoms with E-state index in [0.717, 1.165) is 0 Å². The SMILES string of the molecule is C[C@@H]1C[C@H](OC(=O)CN(C)c2ccc(Cl)nn2)C(=O)O1.